The number of rotatable bonds is 13. The van der Waals surface area contributed by atoms with Crippen molar-refractivity contribution in [2.75, 3.05) is 31.2 Å². The summed E-state index contributed by atoms with van der Waals surface area (Å²) >= 11 is 1.66. The number of hydrogen-bond donors (Lipinski definition) is 1. The first kappa shape index (κ1) is 29.4. The number of anilines is 1. The van der Waals surface area contributed by atoms with Crippen molar-refractivity contribution in [1.29, 1.82) is 0 Å². The Hall–Kier alpha value is -2.58. The van der Waals surface area contributed by atoms with E-state index in [0.29, 0.717) is 25.9 Å². The van der Waals surface area contributed by atoms with Gasteiger partial charge in [-0.25, -0.2) is 0 Å². The molecule has 1 aromatic carbocycles. The van der Waals surface area contributed by atoms with Gasteiger partial charge in [-0.3, -0.25) is 14.4 Å². The first-order valence-electron chi connectivity index (χ1n) is 14.0. The summed E-state index contributed by atoms with van der Waals surface area (Å²) in [6.45, 7) is 14.6. The standard InChI is InChI=1S/C31H42N2O5S/c1-6-17-32(25-21(3)13-12-14-22(25)4)28(36)26-31-16-15-30(5,39-31)24(29(37)38-20-7-2)23(31)27(35)33(26)18-10-8-9-11-19-34/h6-7,12-14,23-24,26,34H,1-2,8-11,15-20H2,3-5H3/t23-,24-,26?,30+,31?/m0/s1. The number of thioether (sulfide) groups is 1. The second-order valence-corrected chi connectivity index (χ2v) is 13.2. The monoisotopic (exact) mass is 554 g/mol. The third-order valence-corrected chi connectivity index (χ3v) is 10.7. The molecule has 3 aliphatic heterocycles. The molecule has 1 aromatic rings. The number of hydrogen-bond acceptors (Lipinski definition) is 6. The van der Waals surface area contributed by atoms with E-state index in [9.17, 15) is 14.4 Å². The van der Waals surface area contributed by atoms with Gasteiger partial charge in [0.25, 0.3) is 5.91 Å². The molecule has 8 heteroatoms. The zero-order valence-electron chi connectivity index (χ0n) is 23.5. The van der Waals surface area contributed by atoms with Crippen LogP contribution >= 0.6 is 11.8 Å². The Labute approximate surface area is 236 Å². The summed E-state index contributed by atoms with van der Waals surface area (Å²) in [5.41, 5.74) is 2.82. The van der Waals surface area contributed by atoms with E-state index in [2.05, 4.69) is 13.2 Å². The molecule has 2 bridgehead atoms. The van der Waals surface area contributed by atoms with Crippen LogP contribution in [0.5, 0.6) is 0 Å². The van der Waals surface area contributed by atoms with Crippen LogP contribution in [0.4, 0.5) is 5.69 Å². The number of carbonyl (C=O) groups is 3. The van der Waals surface area contributed by atoms with Crippen LogP contribution in [0, 0.1) is 25.7 Å². The topological polar surface area (TPSA) is 87.1 Å². The fraction of sp³-hybridized carbons (Fsp3) is 0.581. The highest BCUT2D eigenvalue weighted by atomic mass is 32.2. The van der Waals surface area contributed by atoms with Crippen LogP contribution in [0.1, 0.15) is 56.6 Å². The third-order valence-electron chi connectivity index (χ3n) is 8.70. The number of aryl methyl sites for hydroxylation is 2. The molecule has 0 radical (unpaired) electrons. The van der Waals surface area contributed by atoms with Crippen molar-refractivity contribution in [3.63, 3.8) is 0 Å². The Balaban J connectivity index is 1.76. The quantitative estimate of drug-likeness (QED) is 0.218. The summed E-state index contributed by atoms with van der Waals surface area (Å²) in [6.07, 6.45) is 7.87. The van der Waals surface area contributed by atoms with Crippen molar-refractivity contribution < 1.29 is 24.2 Å². The molecule has 4 rings (SSSR count). The first-order valence-corrected chi connectivity index (χ1v) is 14.9. The Kier molecular flexibility index (Phi) is 8.96. The summed E-state index contributed by atoms with van der Waals surface area (Å²) in [6, 6.07) is 5.28. The lowest BCUT2D eigenvalue weighted by atomic mass is 9.66. The van der Waals surface area contributed by atoms with Crippen molar-refractivity contribution >= 4 is 35.2 Å². The molecule has 0 saturated carbocycles. The predicted molar refractivity (Wildman–Crippen MR) is 156 cm³/mol. The van der Waals surface area contributed by atoms with E-state index in [4.69, 9.17) is 9.84 Å². The molecule has 3 fully saturated rings. The van der Waals surface area contributed by atoms with Gasteiger partial charge < -0.3 is 19.6 Å². The Bertz CT molecular complexity index is 1120. The number of para-hydroxylation sites is 1. The molecule has 3 heterocycles. The molecule has 0 aromatic heterocycles. The van der Waals surface area contributed by atoms with Gasteiger partial charge in [0.1, 0.15) is 12.6 Å². The molecule has 1 spiro atoms. The van der Waals surface area contributed by atoms with E-state index in [1.54, 1.807) is 27.6 Å². The van der Waals surface area contributed by atoms with Crippen LogP contribution < -0.4 is 4.90 Å². The molecule has 7 nitrogen and oxygen atoms in total. The van der Waals surface area contributed by atoms with E-state index in [-0.39, 0.29) is 31.0 Å². The predicted octanol–water partition coefficient (Wildman–Crippen LogP) is 4.59. The fourth-order valence-electron chi connectivity index (χ4n) is 7.08. The number of esters is 1. The number of carbonyl (C=O) groups excluding carboxylic acids is 3. The lowest BCUT2D eigenvalue weighted by molar-refractivity contribution is -0.154. The highest BCUT2D eigenvalue weighted by molar-refractivity contribution is 8.02. The van der Waals surface area contributed by atoms with Crippen LogP contribution in [0.25, 0.3) is 0 Å². The third kappa shape index (κ3) is 5.06. The highest BCUT2D eigenvalue weighted by Crippen LogP contribution is 2.71. The maximum absolute atomic E-state index is 14.7. The number of fused-ring (bicyclic) bond motifs is 1. The van der Waals surface area contributed by atoms with Gasteiger partial charge in [0.15, 0.2) is 0 Å². The molecule has 39 heavy (non-hydrogen) atoms. The molecular formula is C31H42N2O5S. The minimum absolute atomic E-state index is 0.0978. The molecule has 5 atom stereocenters. The molecular weight excluding hydrogens is 512 g/mol. The zero-order valence-corrected chi connectivity index (χ0v) is 24.3. The van der Waals surface area contributed by atoms with E-state index < -0.39 is 27.4 Å². The van der Waals surface area contributed by atoms with Crippen molar-refractivity contribution in [3.05, 3.63) is 54.6 Å². The van der Waals surface area contributed by atoms with Gasteiger partial charge in [0.05, 0.1) is 16.6 Å². The molecule has 2 amide bonds. The number of aliphatic hydroxyl groups excluding tert-OH is 1. The van der Waals surface area contributed by atoms with Crippen LogP contribution in [0.15, 0.2) is 43.5 Å². The summed E-state index contributed by atoms with van der Waals surface area (Å²) in [4.78, 5) is 45.9. The van der Waals surface area contributed by atoms with Crippen LogP contribution in [-0.4, -0.2) is 69.6 Å². The zero-order chi connectivity index (χ0) is 28.4. The molecule has 3 aliphatic rings. The molecule has 212 valence electrons. The second-order valence-electron chi connectivity index (χ2n) is 11.3. The number of unbranched alkanes of at least 4 members (excludes halogenated alkanes) is 3. The van der Waals surface area contributed by atoms with Gasteiger partial charge >= 0.3 is 5.97 Å². The largest absolute Gasteiger partial charge is 0.461 e. The van der Waals surface area contributed by atoms with Gasteiger partial charge in [0, 0.05) is 30.1 Å². The smallest absolute Gasteiger partial charge is 0.311 e. The molecule has 3 saturated heterocycles. The fourth-order valence-corrected chi connectivity index (χ4v) is 9.42. The summed E-state index contributed by atoms with van der Waals surface area (Å²) in [7, 11) is 0. The Morgan fingerprint density at radius 1 is 1.15 bits per heavy atom. The van der Waals surface area contributed by atoms with Crippen molar-refractivity contribution in [1.82, 2.24) is 4.90 Å². The minimum Gasteiger partial charge on any atom is -0.461 e. The molecule has 0 aliphatic carbocycles. The number of benzene rings is 1. The van der Waals surface area contributed by atoms with Gasteiger partial charge in [0.2, 0.25) is 5.91 Å². The number of likely N-dealkylation sites (tertiary alicyclic amines) is 1. The van der Waals surface area contributed by atoms with Crippen LogP contribution in [-0.2, 0) is 19.1 Å². The first-order chi connectivity index (χ1) is 18.7. The SMILES string of the molecule is C=CCOC(=O)[C@@H]1[C@H]2C(=O)N(CCCCCCO)C(C(=O)N(CC=C)c3c(C)cccc3C)C23CC[C@@]1(C)S3. The number of ether oxygens (including phenoxy) is 1. The normalized spacial score (nSPS) is 28.9. The molecule has 1 N–H and O–H groups in total. The lowest BCUT2D eigenvalue weighted by Gasteiger charge is -2.38. The summed E-state index contributed by atoms with van der Waals surface area (Å²) in [5, 5.41) is 9.17. The second kappa shape index (κ2) is 11.9. The Morgan fingerprint density at radius 3 is 2.49 bits per heavy atom. The summed E-state index contributed by atoms with van der Waals surface area (Å²) < 4.78 is 4.36. The maximum atomic E-state index is 14.7. The van der Waals surface area contributed by atoms with Gasteiger partial charge in [-0.1, -0.05) is 49.8 Å². The van der Waals surface area contributed by atoms with E-state index in [0.717, 1.165) is 42.5 Å². The Morgan fingerprint density at radius 2 is 1.85 bits per heavy atom. The number of amides is 2. The van der Waals surface area contributed by atoms with E-state index >= 15 is 0 Å². The lowest BCUT2D eigenvalue weighted by Crippen LogP contribution is -2.55. The van der Waals surface area contributed by atoms with E-state index in [1.807, 2.05) is 39.0 Å². The number of nitrogens with zero attached hydrogens (tertiary/aromatic N) is 2. The van der Waals surface area contributed by atoms with Crippen LogP contribution in [0.2, 0.25) is 0 Å². The van der Waals surface area contributed by atoms with Crippen molar-refractivity contribution in [3.8, 4) is 0 Å². The van der Waals surface area contributed by atoms with Gasteiger partial charge in [-0.05, 0) is 57.6 Å². The average Bonchev–Trinajstić information content (AvgIpc) is 3.47. The minimum atomic E-state index is -0.693. The molecule has 2 unspecified atom stereocenters. The average molecular weight is 555 g/mol. The van der Waals surface area contributed by atoms with Gasteiger partial charge in [-0.15, -0.1) is 18.3 Å². The van der Waals surface area contributed by atoms with Gasteiger partial charge in [-0.2, -0.15) is 0 Å². The van der Waals surface area contributed by atoms with Crippen LogP contribution in [0.3, 0.4) is 0 Å². The van der Waals surface area contributed by atoms with Crippen molar-refractivity contribution in [2.45, 2.75) is 74.8 Å². The maximum Gasteiger partial charge on any atom is 0.311 e. The summed E-state index contributed by atoms with van der Waals surface area (Å²) in [5.74, 6) is -1.82. The number of aliphatic hydroxyl groups is 1. The van der Waals surface area contributed by atoms with Crippen molar-refractivity contribution in [2.24, 2.45) is 11.8 Å². The van der Waals surface area contributed by atoms with E-state index in [1.165, 1.54) is 6.08 Å². The highest BCUT2D eigenvalue weighted by Gasteiger charge is 2.77.